The molecule has 0 radical (unpaired) electrons. The zero-order chi connectivity index (χ0) is 12.3. The van der Waals surface area contributed by atoms with Gasteiger partial charge in [-0.05, 0) is 24.6 Å². The summed E-state index contributed by atoms with van der Waals surface area (Å²) in [5.74, 6) is 5.59. The number of halogens is 1. The van der Waals surface area contributed by atoms with Crippen LogP contribution in [0.2, 0.25) is 5.02 Å². The Morgan fingerprint density at radius 2 is 1.88 bits per heavy atom. The van der Waals surface area contributed by atoms with Crippen molar-refractivity contribution in [3.05, 3.63) is 64.4 Å². The molecule has 17 heavy (non-hydrogen) atoms. The van der Waals surface area contributed by atoms with Crippen LogP contribution >= 0.6 is 11.6 Å². The van der Waals surface area contributed by atoms with Gasteiger partial charge in [0.05, 0.1) is 16.8 Å². The Morgan fingerprint density at radius 1 is 1.18 bits per heavy atom. The van der Waals surface area contributed by atoms with Crippen LogP contribution in [-0.2, 0) is 0 Å². The van der Waals surface area contributed by atoms with Crippen molar-refractivity contribution in [3.8, 4) is 0 Å². The smallest absolute Gasteiger partial charge is 0.0881 e. The Labute approximate surface area is 106 Å². The molecule has 0 aliphatic heterocycles. The summed E-state index contributed by atoms with van der Waals surface area (Å²) in [5, 5.41) is 0.619. The monoisotopic (exact) mass is 247 g/mol. The molecule has 0 aliphatic carbocycles. The van der Waals surface area contributed by atoms with Crippen molar-refractivity contribution in [3.63, 3.8) is 0 Å². The van der Waals surface area contributed by atoms with Gasteiger partial charge in [-0.3, -0.25) is 10.8 Å². The molecular weight excluding hydrogens is 234 g/mol. The first kappa shape index (κ1) is 12.0. The maximum Gasteiger partial charge on any atom is 0.0881 e. The third-order valence-corrected chi connectivity index (χ3v) is 2.85. The van der Waals surface area contributed by atoms with E-state index >= 15 is 0 Å². The van der Waals surface area contributed by atoms with Crippen LogP contribution in [0.5, 0.6) is 0 Å². The van der Waals surface area contributed by atoms with Gasteiger partial charge in [-0.1, -0.05) is 41.4 Å². The summed E-state index contributed by atoms with van der Waals surface area (Å²) in [6.45, 7) is 2.05. The minimum Gasteiger partial charge on any atom is -0.271 e. The number of pyridine rings is 1. The third kappa shape index (κ3) is 2.82. The van der Waals surface area contributed by atoms with E-state index in [0.717, 1.165) is 11.3 Å². The number of nitrogens with two attached hydrogens (primary N) is 1. The zero-order valence-corrected chi connectivity index (χ0v) is 10.3. The lowest BCUT2D eigenvalue weighted by Crippen LogP contribution is -2.29. The minimum atomic E-state index is -0.118. The van der Waals surface area contributed by atoms with Crippen molar-refractivity contribution in [2.45, 2.75) is 13.0 Å². The molecule has 1 unspecified atom stereocenters. The van der Waals surface area contributed by atoms with Crippen LogP contribution in [0.4, 0.5) is 0 Å². The lowest BCUT2D eigenvalue weighted by atomic mass is 10.0. The summed E-state index contributed by atoms with van der Waals surface area (Å²) in [6, 6.07) is 11.7. The zero-order valence-electron chi connectivity index (χ0n) is 9.52. The van der Waals surface area contributed by atoms with Gasteiger partial charge in [0.1, 0.15) is 0 Å². The van der Waals surface area contributed by atoms with Crippen molar-refractivity contribution in [2.24, 2.45) is 5.84 Å². The molecular formula is C13H14ClN3. The van der Waals surface area contributed by atoms with Gasteiger partial charge in [0, 0.05) is 6.20 Å². The van der Waals surface area contributed by atoms with Crippen LogP contribution in [0.3, 0.4) is 0 Å². The van der Waals surface area contributed by atoms with Crippen LogP contribution in [0.1, 0.15) is 22.9 Å². The number of nitrogens with one attached hydrogen (secondary N) is 1. The second kappa shape index (κ2) is 5.27. The number of aromatic nitrogens is 1. The average Bonchev–Trinajstić information content (AvgIpc) is 2.35. The highest BCUT2D eigenvalue weighted by molar-refractivity contribution is 6.30. The van der Waals surface area contributed by atoms with Gasteiger partial charge >= 0.3 is 0 Å². The number of hydrogen-bond acceptors (Lipinski definition) is 3. The predicted molar refractivity (Wildman–Crippen MR) is 69.6 cm³/mol. The number of aryl methyl sites for hydroxylation is 1. The van der Waals surface area contributed by atoms with Gasteiger partial charge in [-0.2, -0.15) is 0 Å². The molecule has 1 aromatic carbocycles. The van der Waals surface area contributed by atoms with Crippen LogP contribution < -0.4 is 11.3 Å². The molecule has 2 rings (SSSR count). The van der Waals surface area contributed by atoms with Crippen molar-refractivity contribution in [1.29, 1.82) is 0 Å². The fourth-order valence-electron chi connectivity index (χ4n) is 1.67. The molecule has 1 atom stereocenters. The molecule has 0 saturated carbocycles. The molecule has 0 saturated heterocycles. The van der Waals surface area contributed by atoms with Gasteiger partial charge in [-0.25, -0.2) is 5.43 Å². The Morgan fingerprint density at radius 3 is 2.41 bits per heavy atom. The third-order valence-electron chi connectivity index (χ3n) is 2.62. The molecule has 0 fully saturated rings. The molecule has 2 aromatic rings. The normalized spacial score (nSPS) is 12.4. The summed E-state index contributed by atoms with van der Waals surface area (Å²) in [5.41, 5.74) is 5.91. The predicted octanol–water partition coefficient (Wildman–Crippen LogP) is 2.60. The molecule has 0 bridgehead atoms. The van der Waals surface area contributed by atoms with E-state index in [9.17, 15) is 0 Å². The second-order valence-electron chi connectivity index (χ2n) is 3.91. The summed E-state index contributed by atoms with van der Waals surface area (Å²) in [6.07, 6.45) is 1.62. The van der Waals surface area contributed by atoms with Crippen LogP contribution in [-0.4, -0.2) is 4.98 Å². The molecule has 0 aliphatic rings. The second-order valence-corrected chi connectivity index (χ2v) is 4.35. The van der Waals surface area contributed by atoms with Gasteiger partial charge in [0.25, 0.3) is 0 Å². The van der Waals surface area contributed by atoms with Crippen LogP contribution in [0, 0.1) is 6.92 Å². The van der Waals surface area contributed by atoms with E-state index in [1.165, 1.54) is 5.56 Å². The highest BCUT2D eigenvalue weighted by Gasteiger charge is 2.13. The standard InChI is InChI=1S/C13H14ClN3/c1-9-2-4-10(5-3-9)13(17-15)12-7-6-11(14)8-16-12/h2-8,13,17H,15H2,1H3. The highest BCUT2D eigenvalue weighted by atomic mass is 35.5. The number of hydrazine groups is 1. The fraction of sp³-hybridized carbons (Fsp3) is 0.154. The summed E-state index contributed by atoms with van der Waals surface area (Å²) in [7, 11) is 0. The Balaban J connectivity index is 2.33. The first-order valence-electron chi connectivity index (χ1n) is 5.35. The van der Waals surface area contributed by atoms with Crippen molar-refractivity contribution < 1.29 is 0 Å². The van der Waals surface area contributed by atoms with E-state index in [1.54, 1.807) is 6.20 Å². The Hall–Kier alpha value is -1.42. The minimum absolute atomic E-state index is 0.118. The summed E-state index contributed by atoms with van der Waals surface area (Å²) >= 11 is 5.81. The van der Waals surface area contributed by atoms with Crippen molar-refractivity contribution in [2.75, 3.05) is 0 Å². The molecule has 0 spiro atoms. The quantitative estimate of drug-likeness (QED) is 0.648. The van der Waals surface area contributed by atoms with Crippen molar-refractivity contribution >= 4 is 11.6 Å². The summed E-state index contributed by atoms with van der Waals surface area (Å²) in [4.78, 5) is 4.27. The number of rotatable bonds is 3. The van der Waals surface area contributed by atoms with Crippen molar-refractivity contribution in [1.82, 2.24) is 10.4 Å². The number of hydrogen-bond donors (Lipinski definition) is 2. The van der Waals surface area contributed by atoms with Crippen LogP contribution in [0.15, 0.2) is 42.6 Å². The maximum atomic E-state index is 5.81. The van der Waals surface area contributed by atoms with E-state index in [4.69, 9.17) is 17.4 Å². The molecule has 4 heteroatoms. The van der Waals surface area contributed by atoms with E-state index in [1.807, 2.05) is 24.3 Å². The van der Waals surface area contributed by atoms with Crippen LogP contribution in [0.25, 0.3) is 0 Å². The van der Waals surface area contributed by atoms with E-state index in [0.29, 0.717) is 5.02 Å². The SMILES string of the molecule is Cc1ccc(C(NN)c2ccc(Cl)cn2)cc1. The number of benzene rings is 1. The van der Waals surface area contributed by atoms with Gasteiger partial charge in [0.15, 0.2) is 0 Å². The molecule has 0 amide bonds. The maximum absolute atomic E-state index is 5.81. The molecule has 3 N–H and O–H groups in total. The topological polar surface area (TPSA) is 50.9 Å². The lowest BCUT2D eigenvalue weighted by molar-refractivity contribution is 0.620. The molecule has 1 aromatic heterocycles. The fourth-order valence-corrected chi connectivity index (χ4v) is 1.78. The van der Waals surface area contributed by atoms with E-state index in [2.05, 4.69) is 29.5 Å². The van der Waals surface area contributed by atoms with Gasteiger partial charge < -0.3 is 0 Å². The van der Waals surface area contributed by atoms with E-state index in [-0.39, 0.29) is 6.04 Å². The summed E-state index contributed by atoms with van der Waals surface area (Å²) < 4.78 is 0. The Kier molecular flexibility index (Phi) is 3.74. The number of nitrogens with zero attached hydrogens (tertiary/aromatic N) is 1. The molecule has 3 nitrogen and oxygen atoms in total. The Bertz CT molecular complexity index is 434. The molecule has 1 heterocycles. The van der Waals surface area contributed by atoms with Gasteiger partial charge in [0.2, 0.25) is 0 Å². The first-order valence-corrected chi connectivity index (χ1v) is 5.72. The van der Waals surface area contributed by atoms with Gasteiger partial charge in [-0.15, -0.1) is 0 Å². The first-order chi connectivity index (χ1) is 8.20. The van der Waals surface area contributed by atoms with E-state index < -0.39 is 0 Å². The average molecular weight is 248 g/mol. The molecule has 88 valence electrons. The lowest BCUT2D eigenvalue weighted by Gasteiger charge is -2.16. The highest BCUT2D eigenvalue weighted by Crippen LogP contribution is 2.20. The largest absolute Gasteiger partial charge is 0.271 e.